The molecule has 3 aromatic carbocycles. The molecule has 6 heteroatoms. The number of fused-ring (bicyclic) bond motifs is 1. The summed E-state index contributed by atoms with van der Waals surface area (Å²) in [5.41, 5.74) is 3.27. The van der Waals surface area contributed by atoms with Gasteiger partial charge in [-0.1, -0.05) is 18.2 Å². The van der Waals surface area contributed by atoms with Crippen LogP contribution in [0.4, 0.5) is 11.4 Å². The van der Waals surface area contributed by atoms with E-state index in [9.17, 15) is 9.59 Å². The number of para-hydroxylation sites is 1. The number of aryl methyl sites for hydroxylation is 1. The third-order valence-corrected chi connectivity index (χ3v) is 4.43. The first-order valence-electron chi connectivity index (χ1n) is 8.78. The molecule has 0 saturated heterocycles. The first-order valence-corrected chi connectivity index (χ1v) is 8.78. The van der Waals surface area contributed by atoms with E-state index in [2.05, 4.69) is 10.6 Å². The Morgan fingerprint density at radius 1 is 0.786 bits per heavy atom. The lowest BCUT2D eigenvalue weighted by Crippen LogP contribution is -2.14. The van der Waals surface area contributed by atoms with Gasteiger partial charge in [-0.25, -0.2) is 0 Å². The molecule has 2 amide bonds. The Balaban J connectivity index is 1.43. The second-order valence-corrected chi connectivity index (χ2v) is 6.37. The molecule has 0 unspecified atom stereocenters. The molecule has 0 aromatic heterocycles. The first-order chi connectivity index (χ1) is 13.6. The molecule has 6 nitrogen and oxygen atoms in total. The molecule has 0 bridgehead atoms. The van der Waals surface area contributed by atoms with Crippen molar-refractivity contribution in [2.24, 2.45) is 0 Å². The summed E-state index contributed by atoms with van der Waals surface area (Å²) in [5, 5.41) is 5.68. The third kappa shape index (κ3) is 3.66. The van der Waals surface area contributed by atoms with E-state index in [1.807, 2.05) is 31.2 Å². The number of carbonyl (C=O) groups excluding carboxylic acids is 2. The molecular weight excluding hydrogens is 356 g/mol. The van der Waals surface area contributed by atoms with Gasteiger partial charge in [0.15, 0.2) is 11.5 Å². The van der Waals surface area contributed by atoms with E-state index in [0.717, 1.165) is 11.3 Å². The van der Waals surface area contributed by atoms with Crippen LogP contribution >= 0.6 is 0 Å². The van der Waals surface area contributed by atoms with Gasteiger partial charge in [-0.2, -0.15) is 0 Å². The molecule has 0 spiro atoms. The van der Waals surface area contributed by atoms with Crippen molar-refractivity contribution in [2.75, 3.05) is 17.4 Å². The topological polar surface area (TPSA) is 76.7 Å². The standard InChI is InChI=1S/C22H18N2O4/c1-14-4-2-3-5-18(14)24-22(26)16-8-6-15(7-9-16)21(25)23-17-10-11-19-20(12-17)28-13-27-19/h2-12H,13H2,1H3,(H,23,25)(H,24,26). The molecule has 0 fully saturated rings. The van der Waals surface area contributed by atoms with Crippen LogP contribution in [0, 0.1) is 6.92 Å². The van der Waals surface area contributed by atoms with Crippen LogP contribution in [0.5, 0.6) is 11.5 Å². The minimum absolute atomic E-state index is 0.179. The van der Waals surface area contributed by atoms with Gasteiger partial charge in [0, 0.05) is 28.6 Å². The molecule has 4 rings (SSSR count). The number of carbonyl (C=O) groups is 2. The van der Waals surface area contributed by atoms with Gasteiger partial charge in [0.2, 0.25) is 6.79 Å². The van der Waals surface area contributed by atoms with Gasteiger partial charge in [-0.05, 0) is 55.0 Å². The summed E-state index contributed by atoms with van der Waals surface area (Å²) >= 11 is 0. The number of amides is 2. The Kier molecular flexibility index (Phi) is 4.68. The molecular formula is C22H18N2O4. The van der Waals surface area contributed by atoms with Crippen molar-refractivity contribution in [3.63, 3.8) is 0 Å². The highest BCUT2D eigenvalue weighted by atomic mass is 16.7. The van der Waals surface area contributed by atoms with Crippen LogP contribution < -0.4 is 20.1 Å². The number of ether oxygens (including phenoxy) is 2. The van der Waals surface area contributed by atoms with Crippen molar-refractivity contribution in [1.82, 2.24) is 0 Å². The quantitative estimate of drug-likeness (QED) is 0.717. The number of rotatable bonds is 4. The van der Waals surface area contributed by atoms with Gasteiger partial charge in [-0.15, -0.1) is 0 Å². The lowest BCUT2D eigenvalue weighted by molar-refractivity contribution is 0.101. The van der Waals surface area contributed by atoms with E-state index in [-0.39, 0.29) is 18.6 Å². The number of nitrogens with one attached hydrogen (secondary N) is 2. The van der Waals surface area contributed by atoms with E-state index in [0.29, 0.717) is 28.3 Å². The zero-order chi connectivity index (χ0) is 19.5. The number of hydrogen-bond donors (Lipinski definition) is 2. The zero-order valence-electron chi connectivity index (χ0n) is 15.2. The fraction of sp³-hybridized carbons (Fsp3) is 0.0909. The van der Waals surface area contributed by atoms with Crippen LogP contribution in [-0.4, -0.2) is 18.6 Å². The second-order valence-electron chi connectivity index (χ2n) is 6.37. The fourth-order valence-corrected chi connectivity index (χ4v) is 2.86. The minimum atomic E-state index is -0.273. The van der Waals surface area contributed by atoms with E-state index < -0.39 is 0 Å². The van der Waals surface area contributed by atoms with Crippen molar-refractivity contribution >= 4 is 23.2 Å². The average molecular weight is 374 g/mol. The smallest absolute Gasteiger partial charge is 0.255 e. The van der Waals surface area contributed by atoms with Gasteiger partial charge >= 0.3 is 0 Å². The van der Waals surface area contributed by atoms with Crippen LogP contribution in [0.2, 0.25) is 0 Å². The minimum Gasteiger partial charge on any atom is -0.454 e. The molecule has 3 aromatic rings. The van der Waals surface area contributed by atoms with Crippen molar-refractivity contribution in [1.29, 1.82) is 0 Å². The first kappa shape index (κ1) is 17.6. The van der Waals surface area contributed by atoms with Gasteiger partial charge < -0.3 is 20.1 Å². The highest BCUT2D eigenvalue weighted by Gasteiger charge is 2.15. The maximum absolute atomic E-state index is 12.4. The van der Waals surface area contributed by atoms with Gasteiger partial charge in [-0.3, -0.25) is 9.59 Å². The summed E-state index contributed by atoms with van der Waals surface area (Å²) in [5.74, 6) is 0.754. The lowest BCUT2D eigenvalue weighted by atomic mass is 10.1. The summed E-state index contributed by atoms with van der Waals surface area (Å²) in [4.78, 5) is 24.9. The Hall–Kier alpha value is -3.80. The van der Waals surface area contributed by atoms with Crippen LogP contribution in [0.3, 0.4) is 0 Å². The van der Waals surface area contributed by atoms with Crippen LogP contribution in [0.1, 0.15) is 26.3 Å². The largest absolute Gasteiger partial charge is 0.454 e. The second kappa shape index (κ2) is 7.44. The molecule has 28 heavy (non-hydrogen) atoms. The van der Waals surface area contributed by atoms with E-state index in [1.165, 1.54) is 0 Å². The van der Waals surface area contributed by atoms with E-state index >= 15 is 0 Å². The van der Waals surface area contributed by atoms with Crippen molar-refractivity contribution in [3.8, 4) is 11.5 Å². The Morgan fingerprint density at radius 3 is 2.14 bits per heavy atom. The normalized spacial score (nSPS) is 11.8. The SMILES string of the molecule is Cc1ccccc1NC(=O)c1ccc(C(=O)Nc2ccc3c(c2)OCO3)cc1. The molecule has 1 aliphatic rings. The molecule has 0 saturated carbocycles. The number of benzene rings is 3. The maximum atomic E-state index is 12.4. The van der Waals surface area contributed by atoms with Crippen LogP contribution in [-0.2, 0) is 0 Å². The molecule has 2 N–H and O–H groups in total. The van der Waals surface area contributed by atoms with Crippen molar-refractivity contribution in [2.45, 2.75) is 6.92 Å². The number of hydrogen-bond acceptors (Lipinski definition) is 4. The average Bonchev–Trinajstić information content (AvgIpc) is 3.17. The zero-order valence-corrected chi connectivity index (χ0v) is 15.2. The van der Waals surface area contributed by atoms with Crippen molar-refractivity contribution in [3.05, 3.63) is 83.4 Å². The monoisotopic (exact) mass is 374 g/mol. The molecule has 1 aliphatic heterocycles. The highest BCUT2D eigenvalue weighted by Crippen LogP contribution is 2.34. The Labute approximate surface area is 162 Å². The number of anilines is 2. The van der Waals surface area contributed by atoms with Gasteiger partial charge in [0.25, 0.3) is 11.8 Å². The van der Waals surface area contributed by atoms with E-state index in [4.69, 9.17) is 9.47 Å². The highest BCUT2D eigenvalue weighted by molar-refractivity contribution is 6.07. The predicted molar refractivity (Wildman–Crippen MR) is 106 cm³/mol. The van der Waals surface area contributed by atoms with Crippen molar-refractivity contribution < 1.29 is 19.1 Å². The predicted octanol–water partition coefficient (Wildman–Crippen LogP) is 4.23. The molecule has 1 heterocycles. The van der Waals surface area contributed by atoms with Gasteiger partial charge in [0.05, 0.1) is 0 Å². The molecule has 0 radical (unpaired) electrons. The molecule has 140 valence electrons. The van der Waals surface area contributed by atoms with Crippen LogP contribution in [0.15, 0.2) is 66.7 Å². The molecule has 0 atom stereocenters. The lowest BCUT2D eigenvalue weighted by Gasteiger charge is -2.09. The fourth-order valence-electron chi connectivity index (χ4n) is 2.86. The third-order valence-electron chi connectivity index (χ3n) is 4.43. The summed E-state index contributed by atoms with van der Waals surface area (Å²) in [6.45, 7) is 2.11. The maximum Gasteiger partial charge on any atom is 0.255 e. The summed E-state index contributed by atoms with van der Waals surface area (Å²) < 4.78 is 10.6. The van der Waals surface area contributed by atoms with Crippen LogP contribution in [0.25, 0.3) is 0 Å². The Bertz CT molecular complexity index is 1040. The summed E-state index contributed by atoms with van der Waals surface area (Å²) in [6, 6.07) is 19.3. The van der Waals surface area contributed by atoms with Gasteiger partial charge in [0.1, 0.15) is 0 Å². The summed E-state index contributed by atoms with van der Waals surface area (Å²) in [7, 11) is 0. The van der Waals surface area contributed by atoms with E-state index in [1.54, 1.807) is 42.5 Å². The molecule has 0 aliphatic carbocycles. The Morgan fingerprint density at radius 2 is 1.43 bits per heavy atom. The summed E-state index contributed by atoms with van der Waals surface area (Å²) in [6.07, 6.45) is 0.